The molecule has 0 aromatic rings. The van der Waals surface area contributed by atoms with Gasteiger partial charge < -0.3 is 15.5 Å². The summed E-state index contributed by atoms with van der Waals surface area (Å²) in [5, 5.41) is 3.16. The van der Waals surface area contributed by atoms with E-state index < -0.39 is 0 Å². The first-order chi connectivity index (χ1) is 3.00. The smallest absolute Gasteiger partial charge is 0.0591 e. The molecular weight excluding hydrogens is 149 g/mol. The van der Waals surface area contributed by atoms with Gasteiger partial charge in [0.25, 0.3) is 0 Å². The van der Waals surface area contributed by atoms with E-state index in [0.717, 1.165) is 26.3 Å². The molecule has 1 fully saturated rings. The van der Waals surface area contributed by atoms with Crippen LogP contribution in [0.4, 0.5) is 0 Å². The first-order valence-electron chi connectivity index (χ1n) is 2.28. The Hall–Kier alpha value is 0.399. The van der Waals surface area contributed by atoms with E-state index in [2.05, 4.69) is 5.32 Å². The SMILES string of the molecule is C1COCCN1.O.[Mn]. The van der Waals surface area contributed by atoms with Crippen LogP contribution in [0.1, 0.15) is 0 Å². The molecule has 1 aliphatic rings. The summed E-state index contributed by atoms with van der Waals surface area (Å²) in [6.07, 6.45) is 0. The molecule has 1 radical (unpaired) electrons. The molecule has 1 heterocycles. The topological polar surface area (TPSA) is 52.8 Å². The van der Waals surface area contributed by atoms with Gasteiger partial charge >= 0.3 is 0 Å². The molecule has 0 spiro atoms. The maximum atomic E-state index is 5.01. The van der Waals surface area contributed by atoms with E-state index in [4.69, 9.17) is 4.74 Å². The molecule has 0 atom stereocenters. The van der Waals surface area contributed by atoms with Crippen LogP contribution in [0.5, 0.6) is 0 Å². The third-order valence-electron chi connectivity index (χ3n) is 0.846. The minimum absolute atomic E-state index is 0. The second-order valence-corrected chi connectivity index (χ2v) is 1.36. The number of morpholine rings is 1. The van der Waals surface area contributed by atoms with Crippen LogP contribution in [0.2, 0.25) is 0 Å². The summed E-state index contributed by atoms with van der Waals surface area (Å²) in [6.45, 7) is 3.83. The van der Waals surface area contributed by atoms with Crippen LogP contribution in [-0.2, 0) is 21.8 Å². The first kappa shape index (κ1) is 11.2. The van der Waals surface area contributed by atoms with E-state index in [1.807, 2.05) is 0 Å². The zero-order chi connectivity index (χ0) is 4.24. The Morgan fingerprint density at radius 2 is 1.62 bits per heavy atom. The van der Waals surface area contributed by atoms with Crippen molar-refractivity contribution in [3.63, 3.8) is 0 Å². The van der Waals surface area contributed by atoms with Crippen LogP contribution in [-0.4, -0.2) is 31.8 Å². The molecule has 3 N–H and O–H groups in total. The molecule has 0 aromatic carbocycles. The predicted octanol–water partition coefficient (Wildman–Crippen LogP) is -1.22. The predicted molar refractivity (Wildman–Crippen MR) is 27.3 cm³/mol. The molecule has 0 amide bonds. The van der Waals surface area contributed by atoms with Gasteiger partial charge in [-0.3, -0.25) is 0 Å². The summed E-state index contributed by atoms with van der Waals surface area (Å²) in [7, 11) is 0. The van der Waals surface area contributed by atoms with E-state index in [1.165, 1.54) is 0 Å². The number of hydrogen-bond acceptors (Lipinski definition) is 2. The van der Waals surface area contributed by atoms with Gasteiger partial charge in [-0.25, -0.2) is 0 Å². The normalized spacial score (nSPS) is 18.0. The Bertz CT molecular complexity index is 29.5. The van der Waals surface area contributed by atoms with Crippen molar-refractivity contribution < 1.29 is 27.3 Å². The largest absolute Gasteiger partial charge is 0.412 e. The monoisotopic (exact) mass is 160 g/mol. The average molecular weight is 160 g/mol. The molecule has 4 heteroatoms. The van der Waals surface area contributed by atoms with Gasteiger partial charge in [-0.2, -0.15) is 0 Å². The van der Waals surface area contributed by atoms with Crippen LogP contribution >= 0.6 is 0 Å². The zero-order valence-corrected chi connectivity index (χ0v) is 5.80. The van der Waals surface area contributed by atoms with Crippen molar-refractivity contribution >= 4 is 0 Å². The molecule has 0 aliphatic carbocycles. The third kappa shape index (κ3) is 4.56. The molecule has 3 nitrogen and oxygen atoms in total. The Kier molecular flexibility index (Phi) is 10.4. The first-order valence-corrected chi connectivity index (χ1v) is 2.28. The summed E-state index contributed by atoms with van der Waals surface area (Å²) >= 11 is 0. The van der Waals surface area contributed by atoms with Crippen LogP contribution in [0.25, 0.3) is 0 Å². The summed E-state index contributed by atoms with van der Waals surface area (Å²) in [5.41, 5.74) is 0. The van der Waals surface area contributed by atoms with Gasteiger partial charge in [0, 0.05) is 30.2 Å². The quantitative estimate of drug-likeness (QED) is 0.451. The van der Waals surface area contributed by atoms with E-state index in [0.29, 0.717) is 0 Å². The fourth-order valence-electron chi connectivity index (χ4n) is 0.516. The average Bonchev–Trinajstić information content (AvgIpc) is 1.72. The number of nitrogens with one attached hydrogen (secondary N) is 1. The van der Waals surface area contributed by atoms with Crippen LogP contribution in [0.3, 0.4) is 0 Å². The van der Waals surface area contributed by atoms with Gasteiger partial charge in [0.2, 0.25) is 0 Å². The van der Waals surface area contributed by atoms with Crippen molar-refractivity contribution in [2.75, 3.05) is 26.3 Å². The van der Waals surface area contributed by atoms with E-state index in [1.54, 1.807) is 0 Å². The third-order valence-corrected chi connectivity index (χ3v) is 0.846. The molecule has 8 heavy (non-hydrogen) atoms. The molecule has 0 saturated carbocycles. The van der Waals surface area contributed by atoms with Crippen LogP contribution in [0.15, 0.2) is 0 Å². The van der Waals surface area contributed by atoms with Crippen molar-refractivity contribution in [1.82, 2.24) is 5.32 Å². The summed E-state index contributed by atoms with van der Waals surface area (Å²) in [6, 6.07) is 0. The second-order valence-electron chi connectivity index (χ2n) is 1.36. The van der Waals surface area contributed by atoms with Crippen molar-refractivity contribution in [2.45, 2.75) is 0 Å². The Morgan fingerprint density at radius 1 is 1.12 bits per heavy atom. The molecule has 0 unspecified atom stereocenters. The van der Waals surface area contributed by atoms with Crippen LogP contribution < -0.4 is 5.32 Å². The molecule has 0 bridgehead atoms. The van der Waals surface area contributed by atoms with Gasteiger partial charge in [-0.15, -0.1) is 0 Å². The molecule has 51 valence electrons. The maximum absolute atomic E-state index is 5.01. The van der Waals surface area contributed by atoms with Crippen molar-refractivity contribution in [1.29, 1.82) is 0 Å². The number of hydrogen-bond donors (Lipinski definition) is 1. The van der Waals surface area contributed by atoms with Crippen molar-refractivity contribution in [2.24, 2.45) is 0 Å². The Morgan fingerprint density at radius 3 is 1.75 bits per heavy atom. The summed E-state index contributed by atoms with van der Waals surface area (Å²) in [4.78, 5) is 0. The van der Waals surface area contributed by atoms with E-state index in [9.17, 15) is 0 Å². The molecule has 0 aromatic heterocycles. The fourth-order valence-corrected chi connectivity index (χ4v) is 0.516. The maximum Gasteiger partial charge on any atom is 0.0591 e. The minimum Gasteiger partial charge on any atom is -0.412 e. The standard InChI is InChI=1S/C4H9NO.Mn.H2O/c1-3-6-4-2-5-1;;/h5H,1-4H2;;1H2. The Balaban J connectivity index is 0. The number of rotatable bonds is 0. The van der Waals surface area contributed by atoms with Gasteiger partial charge in [-0.05, 0) is 0 Å². The van der Waals surface area contributed by atoms with Gasteiger partial charge in [0.15, 0.2) is 0 Å². The zero-order valence-electron chi connectivity index (χ0n) is 4.61. The van der Waals surface area contributed by atoms with Crippen molar-refractivity contribution in [3.05, 3.63) is 0 Å². The van der Waals surface area contributed by atoms with E-state index in [-0.39, 0.29) is 22.5 Å². The van der Waals surface area contributed by atoms with Gasteiger partial charge in [0.05, 0.1) is 13.2 Å². The number of ether oxygens (including phenoxy) is 1. The second kappa shape index (κ2) is 7.40. The molecule has 1 aliphatic heterocycles. The van der Waals surface area contributed by atoms with Gasteiger partial charge in [0.1, 0.15) is 0 Å². The Labute approximate surface area is 59.6 Å². The van der Waals surface area contributed by atoms with E-state index >= 15 is 0 Å². The summed E-state index contributed by atoms with van der Waals surface area (Å²) in [5.74, 6) is 0. The van der Waals surface area contributed by atoms with Gasteiger partial charge in [-0.1, -0.05) is 0 Å². The fraction of sp³-hybridized carbons (Fsp3) is 1.00. The van der Waals surface area contributed by atoms with Crippen LogP contribution in [0, 0.1) is 0 Å². The molecule has 1 saturated heterocycles. The molecular formula is C4H11MnNO2. The van der Waals surface area contributed by atoms with Crippen molar-refractivity contribution in [3.8, 4) is 0 Å². The summed E-state index contributed by atoms with van der Waals surface area (Å²) < 4.78 is 5.01. The minimum atomic E-state index is 0. The molecule has 1 rings (SSSR count).